The summed E-state index contributed by atoms with van der Waals surface area (Å²) in [6.07, 6.45) is 2.80. The molecule has 0 saturated carbocycles. The summed E-state index contributed by atoms with van der Waals surface area (Å²) in [4.78, 5) is 11.9. The maximum Gasteiger partial charge on any atom is 0.168 e. The molecule has 0 bridgehead atoms. The van der Waals surface area contributed by atoms with Crippen LogP contribution in [0.2, 0.25) is 0 Å². The van der Waals surface area contributed by atoms with Gasteiger partial charge in [-0.25, -0.2) is 15.0 Å². The van der Waals surface area contributed by atoms with Crippen molar-refractivity contribution >= 4 is 43.2 Å². The highest BCUT2D eigenvalue weighted by molar-refractivity contribution is 9.24. The molecule has 0 fully saturated rings. The summed E-state index contributed by atoms with van der Waals surface area (Å²) < 4.78 is 5.68. The number of aromatic nitrogens is 3. The van der Waals surface area contributed by atoms with Crippen molar-refractivity contribution in [1.29, 1.82) is 0 Å². The van der Waals surface area contributed by atoms with Crippen LogP contribution in [-0.4, -0.2) is 25.3 Å². The van der Waals surface area contributed by atoms with E-state index in [9.17, 15) is 0 Å². The minimum atomic E-state index is 0.0221. The van der Waals surface area contributed by atoms with E-state index in [4.69, 9.17) is 16.2 Å². The van der Waals surface area contributed by atoms with E-state index in [1.54, 1.807) is 12.1 Å². The molecule has 6 nitrogen and oxygen atoms in total. The number of halogens is 2. The number of nitrogens with zero attached hydrogens (tertiary/aromatic N) is 3. The van der Waals surface area contributed by atoms with Gasteiger partial charge in [0.1, 0.15) is 28.7 Å². The average Bonchev–Trinajstić information content (AvgIpc) is 2.36. The maximum atomic E-state index is 5.98. The van der Waals surface area contributed by atoms with Gasteiger partial charge < -0.3 is 16.2 Å². The molecular formula is C11H11Br2N5O. The van der Waals surface area contributed by atoms with Crippen LogP contribution in [0.5, 0.6) is 5.75 Å². The number of rotatable bonds is 4. The molecule has 1 aromatic carbocycles. The van der Waals surface area contributed by atoms with Gasteiger partial charge in [-0.05, 0) is 6.07 Å². The lowest BCUT2D eigenvalue weighted by Crippen LogP contribution is -2.07. The smallest absolute Gasteiger partial charge is 0.168 e. The van der Waals surface area contributed by atoms with E-state index in [1.165, 1.54) is 12.7 Å². The van der Waals surface area contributed by atoms with Gasteiger partial charge in [0.05, 0.1) is 5.56 Å². The van der Waals surface area contributed by atoms with Crippen molar-refractivity contribution in [2.45, 2.75) is 3.74 Å². The van der Waals surface area contributed by atoms with Crippen LogP contribution >= 0.6 is 31.9 Å². The van der Waals surface area contributed by atoms with E-state index < -0.39 is 0 Å². The van der Waals surface area contributed by atoms with Crippen LogP contribution in [0.15, 0.2) is 24.8 Å². The molecule has 0 aliphatic carbocycles. The first-order valence-electron chi connectivity index (χ1n) is 5.30. The number of hydrogen-bond acceptors (Lipinski definition) is 6. The van der Waals surface area contributed by atoms with Crippen LogP contribution in [0.25, 0.3) is 11.4 Å². The molecule has 0 spiro atoms. The van der Waals surface area contributed by atoms with Gasteiger partial charge in [-0.1, -0.05) is 31.9 Å². The SMILES string of the molecule is Nc1cc(N)c(-c2ncncn2)c(OCC(Br)Br)c1. The van der Waals surface area contributed by atoms with E-state index in [2.05, 4.69) is 46.8 Å². The van der Waals surface area contributed by atoms with Crippen molar-refractivity contribution in [3.63, 3.8) is 0 Å². The van der Waals surface area contributed by atoms with Crippen molar-refractivity contribution in [3.05, 3.63) is 24.8 Å². The fourth-order valence-corrected chi connectivity index (χ4v) is 1.80. The zero-order chi connectivity index (χ0) is 13.8. The van der Waals surface area contributed by atoms with Crippen LogP contribution in [0.4, 0.5) is 11.4 Å². The molecule has 1 heterocycles. The van der Waals surface area contributed by atoms with Gasteiger partial charge in [-0.2, -0.15) is 0 Å². The quantitative estimate of drug-likeness (QED) is 0.615. The highest BCUT2D eigenvalue weighted by atomic mass is 79.9. The lowest BCUT2D eigenvalue weighted by molar-refractivity contribution is 0.341. The van der Waals surface area contributed by atoms with Gasteiger partial charge in [0, 0.05) is 17.4 Å². The molecule has 19 heavy (non-hydrogen) atoms. The number of ether oxygens (including phenoxy) is 1. The van der Waals surface area contributed by atoms with Crippen molar-refractivity contribution in [1.82, 2.24) is 15.0 Å². The molecule has 0 unspecified atom stereocenters. The molecule has 0 amide bonds. The molecule has 0 aliphatic heterocycles. The van der Waals surface area contributed by atoms with Crippen LogP contribution in [0, 0.1) is 0 Å². The van der Waals surface area contributed by atoms with E-state index in [1.807, 2.05) is 0 Å². The largest absolute Gasteiger partial charge is 0.491 e. The monoisotopic (exact) mass is 387 g/mol. The van der Waals surface area contributed by atoms with Crippen molar-refractivity contribution in [2.24, 2.45) is 0 Å². The zero-order valence-electron chi connectivity index (χ0n) is 9.75. The maximum absolute atomic E-state index is 5.98. The second-order valence-corrected chi connectivity index (χ2v) is 7.09. The lowest BCUT2D eigenvalue weighted by atomic mass is 10.1. The fourth-order valence-electron chi connectivity index (χ4n) is 1.53. The lowest BCUT2D eigenvalue weighted by Gasteiger charge is -2.14. The van der Waals surface area contributed by atoms with Crippen LogP contribution in [-0.2, 0) is 0 Å². The Morgan fingerprint density at radius 3 is 2.47 bits per heavy atom. The molecule has 8 heteroatoms. The van der Waals surface area contributed by atoms with Gasteiger partial charge in [0.25, 0.3) is 0 Å². The first-order chi connectivity index (χ1) is 9.08. The zero-order valence-corrected chi connectivity index (χ0v) is 12.9. The summed E-state index contributed by atoms with van der Waals surface area (Å²) >= 11 is 6.68. The van der Waals surface area contributed by atoms with Crippen molar-refractivity contribution in [3.8, 4) is 17.1 Å². The van der Waals surface area contributed by atoms with Gasteiger partial charge in [0.2, 0.25) is 0 Å². The minimum Gasteiger partial charge on any atom is -0.491 e. The average molecular weight is 389 g/mol. The predicted molar refractivity (Wildman–Crippen MR) is 81.2 cm³/mol. The molecule has 2 rings (SSSR count). The third-order valence-electron chi connectivity index (χ3n) is 2.24. The third kappa shape index (κ3) is 3.54. The van der Waals surface area contributed by atoms with Crippen LogP contribution in [0.1, 0.15) is 0 Å². The molecule has 0 saturated heterocycles. The van der Waals surface area contributed by atoms with Crippen LogP contribution in [0.3, 0.4) is 0 Å². The molecule has 100 valence electrons. The third-order valence-corrected chi connectivity index (χ3v) is 2.77. The molecule has 1 aromatic heterocycles. The number of alkyl halides is 2. The first kappa shape index (κ1) is 14.0. The topological polar surface area (TPSA) is 99.9 Å². The van der Waals surface area contributed by atoms with E-state index in [0.29, 0.717) is 35.1 Å². The highest BCUT2D eigenvalue weighted by Gasteiger charge is 2.15. The molecular weight excluding hydrogens is 378 g/mol. The van der Waals surface area contributed by atoms with Gasteiger partial charge in [-0.3, -0.25) is 0 Å². The van der Waals surface area contributed by atoms with Crippen LogP contribution < -0.4 is 16.2 Å². The standard InChI is InChI=1S/C11H11Br2N5O/c12-9(13)3-19-8-2-6(14)1-7(15)10(8)11-17-4-16-5-18-11/h1-2,4-5,9H,3,14-15H2. The van der Waals surface area contributed by atoms with Gasteiger partial charge >= 0.3 is 0 Å². The van der Waals surface area contributed by atoms with E-state index >= 15 is 0 Å². The second-order valence-electron chi connectivity index (χ2n) is 3.65. The Hall–Kier alpha value is -1.41. The Kier molecular flexibility index (Phi) is 4.54. The van der Waals surface area contributed by atoms with Crippen molar-refractivity contribution < 1.29 is 4.74 Å². The molecule has 0 aliphatic rings. The van der Waals surface area contributed by atoms with Crippen molar-refractivity contribution in [2.75, 3.05) is 18.1 Å². The Balaban J connectivity index is 2.46. The number of nitrogens with two attached hydrogens (primary N) is 2. The summed E-state index contributed by atoms with van der Waals surface area (Å²) in [6, 6.07) is 3.34. The fraction of sp³-hybridized carbons (Fsp3) is 0.182. The number of nitrogen functional groups attached to an aromatic ring is 2. The normalized spacial score (nSPS) is 10.7. The Morgan fingerprint density at radius 2 is 1.84 bits per heavy atom. The Labute approximate surface area is 126 Å². The Morgan fingerprint density at radius 1 is 1.16 bits per heavy atom. The molecule has 0 radical (unpaired) electrons. The first-order valence-corrected chi connectivity index (χ1v) is 7.13. The van der Waals surface area contributed by atoms with Gasteiger partial charge in [-0.15, -0.1) is 0 Å². The van der Waals surface area contributed by atoms with E-state index in [0.717, 1.165) is 0 Å². The number of benzene rings is 1. The summed E-state index contributed by atoms with van der Waals surface area (Å²) in [5.41, 5.74) is 13.3. The minimum absolute atomic E-state index is 0.0221. The second kappa shape index (κ2) is 6.16. The highest BCUT2D eigenvalue weighted by Crippen LogP contribution is 2.35. The summed E-state index contributed by atoms with van der Waals surface area (Å²) in [6.45, 7) is 0.404. The van der Waals surface area contributed by atoms with E-state index in [-0.39, 0.29) is 3.74 Å². The number of hydrogen-bond donors (Lipinski definition) is 2. The summed E-state index contributed by atoms with van der Waals surface area (Å²) in [5.74, 6) is 0.982. The predicted octanol–water partition coefficient (Wildman–Crippen LogP) is 2.20. The summed E-state index contributed by atoms with van der Waals surface area (Å²) in [5, 5.41) is 0. The molecule has 0 atom stereocenters. The number of anilines is 2. The Bertz CT molecular complexity index is 565. The molecule has 4 N–H and O–H groups in total. The summed E-state index contributed by atoms with van der Waals surface area (Å²) in [7, 11) is 0. The molecule has 2 aromatic rings. The van der Waals surface area contributed by atoms with Gasteiger partial charge in [0.15, 0.2) is 5.82 Å².